The lowest BCUT2D eigenvalue weighted by Crippen LogP contribution is -2.44. The van der Waals surface area contributed by atoms with Crippen LogP contribution in [-0.4, -0.2) is 30.7 Å². The number of anilines is 1. The van der Waals surface area contributed by atoms with Crippen LogP contribution in [0.2, 0.25) is 0 Å². The number of benzene rings is 1. The molecule has 3 heterocycles. The third kappa shape index (κ3) is 3.41. The summed E-state index contributed by atoms with van der Waals surface area (Å²) >= 11 is 0. The minimum Gasteiger partial charge on any atom is -0.357 e. The highest BCUT2D eigenvalue weighted by molar-refractivity contribution is 5.42. The molecule has 5 nitrogen and oxygen atoms in total. The number of halogens is 1. The molecule has 2 N–H and O–H groups in total. The van der Waals surface area contributed by atoms with Gasteiger partial charge in [0.2, 0.25) is 0 Å². The SMILES string of the molecule is N#Cc1cccc(N2CCC(C3NNCC3c3cccc(F)c3)CC2)n1. The Kier molecular flexibility index (Phi) is 4.83. The summed E-state index contributed by atoms with van der Waals surface area (Å²) < 4.78 is 13.6. The zero-order valence-electron chi connectivity index (χ0n) is 14.5. The van der Waals surface area contributed by atoms with Crippen LogP contribution in [0.4, 0.5) is 10.2 Å². The third-order valence-electron chi connectivity index (χ3n) is 5.52. The van der Waals surface area contributed by atoms with Crippen molar-refractivity contribution in [2.24, 2.45) is 5.92 Å². The van der Waals surface area contributed by atoms with Gasteiger partial charge in [-0.1, -0.05) is 18.2 Å². The van der Waals surface area contributed by atoms with Crippen molar-refractivity contribution in [1.82, 2.24) is 15.8 Å². The summed E-state index contributed by atoms with van der Waals surface area (Å²) in [5.74, 6) is 1.50. The highest BCUT2D eigenvalue weighted by atomic mass is 19.1. The fourth-order valence-corrected chi connectivity index (χ4v) is 4.17. The lowest BCUT2D eigenvalue weighted by atomic mass is 9.80. The minimum absolute atomic E-state index is 0.175. The van der Waals surface area contributed by atoms with Gasteiger partial charge in [0.25, 0.3) is 0 Å². The van der Waals surface area contributed by atoms with Crippen molar-refractivity contribution in [3.8, 4) is 6.07 Å². The highest BCUT2D eigenvalue weighted by Crippen LogP contribution is 2.33. The topological polar surface area (TPSA) is 64.0 Å². The number of nitrogens with one attached hydrogen (secondary N) is 2. The molecule has 0 spiro atoms. The van der Waals surface area contributed by atoms with Crippen molar-refractivity contribution < 1.29 is 4.39 Å². The molecule has 1 aromatic carbocycles. The van der Waals surface area contributed by atoms with E-state index in [-0.39, 0.29) is 11.7 Å². The minimum atomic E-state index is -0.175. The van der Waals surface area contributed by atoms with Gasteiger partial charge in [-0.3, -0.25) is 10.9 Å². The second kappa shape index (κ2) is 7.40. The molecule has 2 saturated heterocycles. The van der Waals surface area contributed by atoms with Gasteiger partial charge in [0.05, 0.1) is 0 Å². The van der Waals surface area contributed by atoms with Crippen LogP contribution in [0.3, 0.4) is 0 Å². The van der Waals surface area contributed by atoms with Crippen LogP contribution in [0, 0.1) is 23.1 Å². The molecule has 0 saturated carbocycles. The lowest BCUT2D eigenvalue weighted by molar-refractivity contribution is 0.295. The summed E-state index contributed by atoms with van der Waals surface area (Å²) in [5, 5.41) is 9.03. The molecule has 2 fully saturated rings. The standard InChI is InChI=1S/C20H22FN5/c21-16-4-1-3-15(11-16)18-13-23-25-20(18)14-7-9-26(10-8-14)19-6-2-5-17(12-22)24-19/h1-6,11,14,18,20,23,25H,7-10,13H2. The molecule has 0 radical (unpaired) electrons. The summed E-state index contributed by atoms with van der Waals surface area (Å²) in [5.41, 5.74) is 8.19. The molecule has 26 heavy (non-hydrogen) atoms. The number of hydrogen-bond acceptors (Lipinski definition) is 5. The number of piperidine rings is 1. The third-order valence-corrected chi connectivity index (χ3v) is 5.52. The molecule has 134 valence electrons. The van der Waals surface area contributed by atoms with Crippen LogP contribution in [0.15, 0.2) is 42.5 Å². The Labute approximate surface area is 152 Å². The predicted molar refractivity (Wildman–Crippen MR) is 98.0 cm³/mol. The molecule has 1 aromatic heterocycles. The number of aromatic nitrogens is 1. The second-order valence-electron chi connectivity index (χ2n) is 7.03. The molecule has 2 atom stereocenters. The zero-order chi connectivity index (χ0) is 17.9. The molecule has 2 aliphatic rings. The number of nitrogens with zero attached hydrogens (tertiary/aromatic N) is 3. The number of rotatable bonds is 3. The molecular formula is C20H22FN5. The monoisotopic (exact) mass is 351 g/mol. The first-order valence-electron chi connectivity index (χ1n) is 9.10. The Hall–Kier alpha value is -2.49. The van der Waals surface area contributed by atoms with E-state index in [1.807, 2.05) is 18.2 Å². The van der Waals surface area contributed by atoms with Gasteiger partial charge in [0.15, 0.2) is 0 Å². The molecule has 2 aliphatic heterocycles. The van der Waals surface area contributed by atoms with E-state index in [0.717, 1.165) is 43.9 Å². The first-order chi connectivity index (χ1) is 12.7. The maximum Gasteiger partial charge on any atom is 0.142 e. The maximum atomic E-state index is 13.6. The van der Waals surface area contributed by atoms with E-state index in [1.54, 1.807) is 18.2 Å². The maximum absolute atomic E-state index is 13.6. The molecule has 0 bridgehead atoms. The molecule has 4 rings (SSSR count). The average Bonchev–Trinajstić information content (AvgIpc) is 3.18. The Morgan fingerprint density at radius 3 is 2.73 bits per heavy atom. The fraction of sp³-hybridized carbons (Fsp3) is 0.400. The molecule has 2 aromatic rings. The van der Waals surface area contributed by atoms with Crippen molar-refractivity contribution in [3.63, 3.8) is 0 Å². The van der Waals surface area contributed by atoms with Crippen LogP contribution in [0.25, 0.3) is 0 Å². The number of hydrogen-bond donors (Lipinski definition) is 2. The van der Waals surface area contributed by atoms with E-state index in [2.05, 4.69) is 26.8 Å². The Morgan fingerprint density at radius 1 is 1.15 bits per heavy atom. The van der Waals surface area contributed by atoms with E-state index < -0.39 is 0 Å². The second-order valence-corrected chi connectivity index (χ2v) is 7.03. The largest absolute Gasteiger partial charge is 0.357 e. The summed E-state index contributed by atoms with van der Waals surface area (Å²) in [4.78, 5) is 6.65. The molecule has 0 amide bonds. The highest BCUT2D eigenvalue weighted by Gasteiger charge is 2.36. The number of hydrazine groups is 1. The van der Waals surface area contributed by atoms with Gasteiger partial charge in [-0.05, 0) is 48.6 Å². The van der Waals surface area contributed by atoms with Crippen molar-refractivity contribution >= 4 is 5.82 Å². The first-order valence-corrected chi connectivity index (χ1v) is 9.10. The van der Waals surface area contributed by atoms with Gasteiger partial charge in [-0.2, -0.15) is 5.26 Å². The lowest BCUT2D eigenvalue weighted by Gasteiger charge is -2.37. The summed E-state index contributed by atoms with van der Waals surface area (Å²) in [6.45, 7) is 2.65. The van der Waals surface area contributed by atoms with Gasteiger partial charge in [-0.15, -0.1) is 0 Å². The summed E-state index contributed by atoms with van der Waals surface area (Å²) in [6.07, 6.45) is 2.09. The van der Waals surface area contributed by atoms with Gasteiger partial charge in [0, 0.05) is 31.6 Å². The smallest absolute Gasteiger partial charge is 0.142 e. The van der Waals surface area contributed by atoms with Gasteiger partial charge < -0.3 is 4.90 Å². The molecule has 6 heteroatoms. The van der Waals surface area contributed by atoms with Gasteiger partial charge >= 0.3 is 0 Å². The Balaban J connectivity index is 1.43. The number of nitriles is 1. The van der Waals surface area contributed by atoms with Crippen LogP contribution >= 0.6 is 0 Å². The van der Waals surface area contributed by atoms with Crippen LogP contribution < -0.4 is 15.8 Å². The first kappa shape index (κ1) is 17.0. The van der Waals surface area contributed by atoms with Crippen molar-refractivity contribution in [1.29, 1.82) is 5.26 Å². The van der Waals surface area contributed by atoms with Crippen molar-refractivity contribution in [2.45, 2.75) is 24.8 Å². The normalized spacial score (nSPS) is 23.8. The van der Waals surface area contributed by atoms with Crippen molar-refractivity contribution in [2.75, 3.05) is 24.5 Å². The van der Waals surface area contributed by atoms with E-state index in [9.17, 15) is 4.39 Å². The van der Waals surface area contributed by atoms with Crippen LogP contribution in [0.1, 0.15) is 30.0 Å². The summed E-state index contributed by atoms with van der Waals surface area (Å²) in [6, 6.07) is 14.9. The van der Waals surface area contributed by atoms with Gasteiger partial charge in [-0.25, -0.2) is 9.37 Å². The van der Waals surface area contributed by atoms with E-state index in [1.165, 1.54) is 6.07 Å². The molecular weight excluding hydrogens is 329 g/mol. The van der Waals surface area contributed by atoms with E-state index in [4.69, 9.17) is 5.26 Å². The van der Waals surface area contributed by atoms with Crippen LogP contribution in [0.5, 0.6) is 0 Å². The predicted octanol–water partition coefficient (Wildman–Crippen LogP) is 2.57. The van der Waals surface area contributed by atoms with Crippen LogP contribution in [-0.2, 0) is 0 Å². The Bertz CT molecular complexity index is 810. The quantitative estimate of drug-likeness (QED) is 0.890. The summed E-state index contributed by atoms with van der Waals surface area (Å²) in [7, 11) is 0. The Morgan fingerprint density at radius 2 is 1.96 bits per heavy atom. The zero-order valence-corrected chi connectivity index (χ0v) is 14.5. The van der Waals surface area contributed by atoms with E-state index in [0.29, 0.717) is 17.7 Å². The van der Waals surface area contributed by atoms with E-state index >= 15 is 0 Å². The average molecular weight is 351 g/mol. The number of pyridine rings is 1. The fourth-order valence-electron chi connectivity index (χ4n) is 4.17. The molecule has 2 unspecified atom stereocenters. The van der Waals surface area contributed by atoms with Gasteiger partial charge in [0.1, 0.15) is 23.4 Å². The van der Waals surface area contributed by atoms with Crippen molar-refractivity contribution in [3.05, 3.63) is 59.5 Å². The molecule has 0 aliphatic carbocycles.